The van der Waals surface area contributed by atoms with Gasteiger partial charge >= 0.3 is 0 Å². The van der Waals surface area contributed by atoms with E-state index < -0.39 is 0 Å². The van der Waals surface area contributed by atoms with E-state index >= 15 is 0 Å². The highest BCUT2D eigenvalue weighted by molar-refractivity contribution is 6.37. The highest BCUT2D eigenvalue weighted by atomic mass is 35.5. The molecule has 0 radical (unpaired) electrons. The summed E-state index contributed by atoms with van der Waals surface area (Å²) in [6.07, 6.45) is 0. The molecule has 0 fully saturated rings. The SMILES string of the molecule is CCN(CC)c1nc2ccccc2c(Cl)c1Oc1ccccc1. The molecule has 23 heavy (non-hydrogen) atoms. The minimum atomic E-state index is 0.598. The number of hydrogen-bond acceptors (Lipinski definition) is 3. The predicted octanol–water partition coefficient (Wildman–Crippen LogP) is 5.53. The Kier molecular flexibility index (Phi) is 4.68. The molecule has 3 rings (SSSR count). The maximum absolute atomic E-state index is 6.66. The van der Waals surface area contributed by atoms with Crippen LogP contribution in [0.2, 0.25) is 5.02 Å². The van der Waals surface area contributed by atoms with Crippen molar-refractivity contribution in [3.8, 4) is 11.5 Å². The van der Waals surface area contributed by atoms with E-state index in [9.17, 15) is 0 Å². The number of benzene rings is 2. The van der Waals surface area contributed by atoms with Gasteiger partial charge in [0.25, 0.3) is 0 Å². The summed E-state index contributed by atoms with van der Waals surface area (Å²) < 4.78 is 6.10. The maximum atomic E-state index is 6.66. The minimum Gasteiger partial charge on any atom is -0.452 e. The van der Waals surface area contributed by atoms with E-state index in [-0.39, 0.29) is 0 Å². The molecule has 0 N–H and O–H groups in total. The van der Waals surface area contributed by atoms with Crippen LogP contribution in [0.3, 0.4) is 0 Å². The Labute approximate surface area is 141 Å². The van der Waals surface area contributed by atoms with Gasteiger partial charge in [0.15, 0.2) is 11.6 Å². The second-order valence-electron chi connectivity index (χ2n) is 5.18. The Hall–Kier alpha value is -2.26. The van der Waals surface area contributed by atoms with Gasteiger partial charge in [0.1, 0.15) is 5.75 Å². The van der Waals surface area contributed by atoms with Crippen LogP contribution >= 0.6 is 11.6 Å². The lowest BCUT2D eigenvalue weighted by Crippen LogP contribution is -2.23. The van der Waals surface area contributed by atoms with Crippen molar-refractivity contribution in [2.45, 2.75) is 13.8 Å². The number of pyridine rings is 1. The normalized spacial score (nSPS) is 10.7. The number of nitrogens with zero attached hydrogens (tertiary/aromatic N) is 2. The lowest BCUT2D eigenvalue weighted by Gasteiger charge is -2.24. The van der Waals surface area contributed by atoms with Gasteiger partial charge in [-0.2, -0.15) is 0 Å². The number of fused-ring (bicyclic) bond motifs is 1. The van der Waals surface area contributed by atoms with Gasteiger partial charge in [0.05, 0.1) is 10.5 Å². The summed E-state index contributed by atoms with van der Waals surface area (Å²) in [5.41, 5.74) is 0.875. The highest BCUT2D eigenvalue weighted by Gasteiger charge is 2.19. The smallest absolute Gasteiger partial charge is 0.189 e. The molecule has 0 aliphatic carbocycles. The summed E-state index contributed by atoms with van der Waals surface area (Å²) in [5.74, 6) is 2.14. The summed E-state index contributed by atoms with van der Waals surface area (Å²) in [6.45, 7) is 5.87. The first-order valence-corrected chi connectivity index (χ1v) is 8.18. The van der Waals surface area contributed by atoms with Gasteiger partial charge in [0, 0.05) is 18.5 Å². The van der Waals surface area contributed by atoms with Gasteiger partial charge in [-0.25, -0.2) is 4.98 Å². The Morgan fingerprint density at radius 1 is 0.957 bits per heavy atom. The van der Waals surface area contributed by atoms with Crippen LogP contribution in [0.25, 0.3) is 10.9 Å². The van der Waals surface area contributed by atoms with Crippen molar-refractivity contribution in [3.63, 3.8) is 0 Å². The Morgan fingerprint density at radius 2 is 1.61 bits per heavy atom. The molecule has 118 valence electrons. The molecule has 0 saturated heterocycles. The molecule has 3 aromatic rings. The lowest BCUT2D eigenvalue weighted by molar-refractivity contribution is 0.480. The van der Waals surface area contributed by atoms with Crippen molar-refractivity contribution in [3.05, 3.63) is 59.6 Å². The molecule has 4 heteroatoms. The monoisotopic (exact) mass is 326 g/mol. The topological polar surface area (TPSA) is 25.4 Å². The summed E-state index contributed by atoms with van der Waals surface area (Å²) in [4.78, 5) is 6.94. The van der Waals surface area contributed by atoms with Crippen LogP contribution in [-0.2, 0) is 0 Å². The number of para-hydroxylation sites is 2. The molecule has 0 aliphatic rings. The van der Waals surface area contributed by atoms with E-state index in [4.69, 9.17) is 21.3 Å². The van der Waals surface area contributed by atoms with Crippen LogP contribution in [-0.4, -0.2) is 18.1 Å². The van der Waals surface area contributed by atoms with Crippen LogP contribution < -0.4 is 9.64 Å². The molecule has 3 nitrogen and oxygen atoms in total. The van der Waals surface area contributed by atoms with Gasteiger partial charge in [-0.05, 0) is 32.0 Å². The largest absolute Gasteiger partial charge is 0.452 e. The second kappa shape index (κ2) is 6.88. The molecule has 0 unspecified atom stereocenters. The van der Waals surface area contributed by atoms with Crippen LogP contribution in [0.15, 0.2) is 54.6 Å². The van der Waals surface area contributed by atoms with Gasteiger partial charge in [-0.3, -0.25) is 0 Å². The number of ether oxygens (including phenoxy) is 1. The van der Waals surface area contributed by atoms with Crippen molar-refractivity contribution in [1.82, 2.24) is 4.98 Å². The molecule has 1 aromatic heterocycles. The summed E-state index contributed by atoms with van der Waals surface area (Å²) in [6, 6.07) is 17.5. The van der Waals surface area contributed by atoms with E-state index in [2.05, 4.69) is 18.7 Å². The molecule has 0 amide bonds. The quantitative estimate of drug-likeness (QED) is 0.616. The molecule has 0 spiro atoms. The van der Waals surface area contributed by atoms with Crippen molar-refractivity contribution in [2.75, 3.05) is 18.0 Å². The van der Waals surface area contributed by atoms with Gasteiger partial charge in [-0.1, -0.05) is 48.0 Å². The predicted molar refractivity (Wildman–Crippen MR) is 96.8 cm³/mol. The number of anilines is 1. The third-order valence-electron chi connectivity index (χ3n) is 3.80. The van der Waals surface area contributed by atoms with Crippen LogP contribution in [0, 0.1) is 0 Å². The molecule has 0 saturated carbocycles. The van der Waals surface area contributed by atoms with Crippen LogP contribution in [0.5, 0.6) is 11.5 Å². The van der Waals surface area contributed by atoms with Gasteiger partial charge < -0.3 is 9.64 Å². The third kappa shape index (κ3) is 3.10. The van der Waals surface area contributed by atoms with Crippen molar-refractivity contribution >= 4 is 28.3 Å². The zero-order valence-corrected chi connectivity index (χ0v) is 14.0. The van der Waals surface area contributed by atoms with Crippen LogP contribution in [0.4, 0.5) is 5.82 Å². The molecule has 2 aromatic carbocycles. The van der Waals surface area contributed by atoms with Crippen LogP contribution in [0.1, 0.15) is 13.8 Å². The standard InChI is InChI=1S/C19H19ClN2O/c1-3-22(4-2)19-18(23-14-10-6-5-7-11-14)17(20)15-12-8-9-13-16(15)21-19/h5-13H,3-4H2,1-2H3. The van der Waals surface area contributed by atoms with Gasteiger partial charge in [-0.15, -0.1) is 0 Å². The third-order valence-corrected chi connectivity index (χ3v) is 4.17. The zero-order chi connectivity index (χ0) is 16.2. The number of rotatable bonds is 5. The average molecular weight is 327 g/mol. The lowest BCUT2D eigenvalue weighted by atomic mass is 10.2. The Balaban J connectivity index is 2.19. The first-order chi connectivity index (χ1) is 11.2. The fourth-order valence-corrected chi connectivity index (χ4v) is 2.86. The Morgan fingerprint density at radius 3 is 2.30 bits per heavy atom. The molecule has 1 heterocycles. The molecular formula is C19H19ClN2O. The Bertz CT molecular complexity index is 801. The maximum Gasteiger partial charge on any atom is 0.189 e. The van der Waals surface area contributed by atoms with Gasteiger partial charge in [0.2, 0.25) is 0 Å². The van der Waals surface area contributed by atoms with E-state index in [1.165, 1.54) is 0 Å². The fourth-order valence-electron chi connectivity index (χ4n) is 2.58. The van der Waals surface area contributed by atoms with Crippen molar-refractivity contribution < 1.29 is 4.74 Å². The summed E-state index contributed by atoms with van der Waals surface area (Å²) in [7, 11) is 0. The average Bonchev–Trinajstić information content (AvgIpc) is 2.60. The number of aromatic nitrogens is 1. The van der Waals surface area contributed by atoms with E-state index in [1.54, 1.807) is 0 Å². The number of halogens is 1. The highest BCUT2D eigenvalue weighted by Crippen LogP contribution is 2.41. The molecular weight excluding hydrogens is 308 g/mol. The molecule has 0 bridgehead atoms. The molecule has 0 atom stereocenters. The van der Waals surface area contributed by atoms with E-state index in [0.29, 0.717) is 10.8 Å². The zero-order valence-electron chi connectivity index (χ0n) is 13.3. The molecule has 0 aliphatic heterocycles. The first kappa shape index (κ1) is 15.6. The van der Waals surface area contributed by atoms with E-state index in [0.717, 1.165) is 35.6 Å². The van der Waals surface area contributed by atoms with E-state index in [1.807, 2.05) is 54.6 Å². The second-order valence-corrected chi connectivity index (χ2v) is 5.56. The number of hydrogen-bond donors (Lipinski definition) is 0. The fraction of sp³-hybridized carbons (Fsp3) is 0.211. The summed E-state index contributed by atoms with van der Waals surface area (Å²) in [5, 5.41) is 1.50. The minimum absolute atomic E-state index is 0.598. The van der Waals surface area contributed by atoms with Crippen molar-refractivity contribution in [1.29, 1.82) is 0 Å². The first-order valence-electron chi connectivity index (χ1n) is 7.80. The van der Waals surface area contributed by atoms with Crippen molar-refractivity contribution in [2.24, 2.45) is 0 Å². The summed E-state index contributed by atoms with van der Waals surface area (Å²) >= 11 is 6.66.